The van der Waals surface area contributed by atoms with Crippen LogP contribution in [0.1, 0.15) is 20.8 Å². The van der Waals surface area contributed by atoms with Crippen LogP contribution in [0.2, 0.25) is 0 Å². The normalized spacial score (nSPS) is 14.9. The predicted molar refractivity (Wildman–Crippen MR) is 42.8 cm³/mol. The zero-order chi connectivity index (χ0) is 9.89. The maximum Gasteiger partial charge on any atom is 0.331 e. The molecule has 0 aliphatic rings. The van der Waals surface area contributed by atoms with Crippen molar-refractivity contribution in [1.29, 1.82) is 0 Å². The summed E-state index contributed by atoms with van der Waals surface area (Å²) in [5.74, 6) is -2.81. The zero-order valence-corrected chi connectivity index (χ0v) is 7.29. The van der Waals surface area contributed by atoms with Gasteiger partial charge in [-0.15, -0.1) is 0 Å². The standard InChI is InChI=1S/C8H12O4/c1-4(5(2)7(9)10)6(3)8(11)12/h5H,1-3H3,(H,9,10)(H,11,12)/b6-4+. The molecular formula is C8H12O4. The Hall–Kier alpha value is -1.32. The van der Waals surface area contributed by atoms with Gasteiger partial charge in [-0.2, -0.15) is 0 Å². The number of carboxylic acids is 2. The molecule has 1 atom stereocenters. The molecular weight excluding hydrogens is 160 g/mol. The van der Waals surface area contributed by atoms with E-state index >= 15 is 0 Å². The third-order valence-corrected chi connectivity index (χ3v) is 1.93. The largest absolute Gasteiger partial charge is 0.481 e. The molecule has 0 fully saturated rings. The van der Waals surface area contributed by atoms with E-state index < -0.39 is 17.9 Å². The second-order valence-electron chi connectivity index (χ2n) is 2.67. The summed E-state index contributed by atoms with van der Waals surface area (Å²) in [6.07, 6.45) is 0. The number of hydrogen-bond donors (Lipinski definition) is 2. The van der Waals surface area contributed by atoms with Crippen molar-refractivity contribution in [2.24, 2.45) is 5.92 Å². The summed E-state index contributed by atoms with van der Waals surface area (Å²) in [5, 5.41) is 17.1. The molecule has 0 spiro atoms. The lowest BCUT2D eigenvalue weighted by Crippen LogP contribution is -2.14. The van der Waals surface area contributed by atoms with Crippen molar-refractivity contribution >= 4 is 11.9 Å². The zero-order valence-electron chi connectivity index (χ0n) is 7.29. The fraction of sp³-hybridized carbons (Fsp3) is 0.500. The predicted octanol–water partition coefficient (Wildman–Crippen LogP) is 1.13. The van der Waals surface area contributed by atoms with E-state index in [1.54, 1.807) is 0 Å². The van der Waals surface area contributed by atoms with Gasteiger partial charge in [0.05, 0.1) is 5.92 Å². The Morgan fingerprint density at radius 1 is 1.17 bits per heavy atom. The molecule has 0 amide bonds. The van der Waals surface area contributed by atoms with Gasteiger partial charge in [-0.05, 0) is 26.3 Å². The molecule has 4 nitrogen and oxygen atoms in total. The van der Waals surface area contributed by atoms with E-state index in [4.69, 9.17) is 10.2 Å². The van der Waals surface area contributed by atoms with E-state index in [-0.39, 0.29) is 5.57 Å². The average Bonchev–Trinajstić information content (AvgIpc) is 2.00. The lowest BCUT2D eigenvalue weighted by atomic mass is 9.98. The molecule has 4 heteroatoms. The Morgan fingerprint density at radius 2 is 1.58 bits per heavy atom. The van der Waals surface area contributed by atoms with Gasteiger partial charge in [0, 0.05) is 5.57 Å². The fourth-order valence-corrected chi connectivity index (χ4v) is 0.679. The maximum atomic E-state index is 10.4. The van der Waals surface area contributed by atoms with Gasteiger partial charge in [0.25, 0.3) is 0 Å². The first kappa shape index (κ1) is 10.7. The molecule has 0 aromatic rings. The number of aliphatic carboxylic acids is 2. The number of carbonyl (C=O) groups is 2. The highest BCUT2D eigenvalue weighted by Crippen LogP contribution is 2.14. The van der Waals surface area contributed by atoms with E-state index in [1.807, 2.05) is 0 Å². The first-order valence-electron chi connectivity index (χ1n) is 3.51. The van der Waals surface area contributed by atoms with E-state index in [0.29, 0.717) is 5.57 Å². The molecule has 0 heterocycles. The van der Waals surface area contributed by atoms with E-state index in [2.05, 4.69) is 0 Å². The molecule has 0 bridgehead atoms. The van der Waals surface area contributed by atoms with Crippen molar-refractivity contribution < 1.29 is 19.8 Å². The Labute approximate surface area is 70.5 Å². The lowest BCUT2D eigenvalue weighted by Gasteiger charge is -2.08. The van der Waals surface area contributed by atoms with Crippen LogP contribution in [0.4, 0.5) is 0 Å². The number of hydrogen-bond acceptors (Lipinski definition) is 2. The fourth-order valence-electron chi connectivity index (χ4n) is 0.679. The molecule has 1 unspecified atom stereocenters. The van der Waals surface area contributed by atoms with E-state index in [1.165, 1.54) is 20.8 Å². The third kappa shape index (κ3) is 2.38. The average molecular weight is 172 g/mol. The number of carboxylic acid groups (broad SMARTS) is 2. The van der Waals surface area contributed by atoms with Crippen LogP contribution in [0.3, 0.4) is 0 Å². The van der Waals surface area contributed by atoms with Gasteiger partial charge in [0.1, 0.15) is 0 Å². The van der Waals surface area contributed by atoms with Crippen LogP contribution in [-0.2, 0) is 9.59 Å². The third-order valence-electron chi connectivity index (χ3n) is 1.93. The summed E-state index contributed by atoms with van der Waals surface area (Å²) in [4.78, 5) is 20.9. The van der Waals surface area contributed by atoms with Crippen molar-refractivity contribution in [2.75, 3.05) is 0 Å². The molecule has 0 radical (unpaired) electrons. The highest BCUT2D eigenvalue weighted by atomic mass is 16.4. The van der Waals surface area contributed by atoms with Gasteiger partial charge in [-0.3, -0.25) is 4.79 Å². The van der Waals surface area contributed by atoms with Crippen LogP contribution >= 0.6 is 0 Å². The van der Waals surface area contributed by atoms with Crippen molar-refractivity contribution in [3.8, 4) is 0 Å². The van der Waals surface area contributed by atoms with Crippen LogP contribution in [0.25, 0.3) is 0 Å². The van der Waals surface area contributed by atoms with Crippen molar-refractivity contribution in [3.63, 3.8) is 0 Å². The summed E-state index contributed by atoms with van der Waals surface area (Å²) in [6.45, 7) is 4.38. The highest BCUT2D eigenvalue weighted by molar-refractivity contribution is 5.88. The van der Waals surface area contributed by atoms with Gasteiger partial charge in [0.15, 0.2) is 0 Å². The van der Waals surface area contributed by atoms with E-state index in [9.17, 15) is 9.59 Å². The Bertz CT molecular complexity index is 239. The topological polar surface area (TPSA) is 74.6 Å². The molecule has 2 N–H and O–H groups in total. The summed E-state index contributed by atoms with van der Waals surface area (Å²) in [5.41, 5.74) is 0.486. The summed E-state index contributed by atoms with van der Waals surface area (Å²) in [7, 11) is 0. The highest BCUT2D eigenvalue weighted by Gasteiger charge is 2.17. The van der Waals surface area contributed by atoms with Gasteiger partial charge < -0.3 is 10.2 Å². The van der Waals surface area contributed by atoms with Crippen molar-refractivity contribution in [1.82, 2.24) is 0 Å². The molecule has 12 heavy (non-hydrogen) atoms. The first-order chi connectivity index (χ1) is 5.37. The number of rotatable bonds is 3. The Balaban J connectivity index is 4.78. The molecule has 0 aromatic carbocycles. The SMILES string of the molecule is C/C(C(=O)O)=C(/C)C(C)C(=O)O. The van der Waals surface area contributed by atoms with Gasteiger partial charge in [-0.25, -0.2) is 4.79 Å². The van der Waals surface area contributed by atoms with Crippen LogP contribution in [0.5, 0.6) is 0 Å². The van der Waals surface area contributed by atoms with Crippen molar-refractivity contribution in [3.05, 3.63) is 11.1 Å². The smallest absolute Gasteiger partial charge is 0.331 e. The van der Waals surface area contributed by atoms with Gasteiger partial charge in [-0.1, -0.05) is 0 Å². The van der Waals surface area contributed by atoms with Gasteiger partial charge >= 0.3 is 11.9 Å². The molecule has 0 aromatic heterocycles. The van der Waals surface area contributed by atoms with Crippen molar-refractivity contribution in [2.45, 2.75) is 20.8 Å². The van der Waals surface area contributed by atoms with Crippen LogP contribution < -0.4 is 0 Å². The van der Waals surface area contributed by atoms with E-state index in [0.717, 1.165) is 0 Å². The lowest BCUT2D eigenvalue weighted by molar-refractivity contribution is -0.139. The minimum atomic E-state index is -1.07. The summed E-state index contributed by atoms with van der Waals surface area (Å²) >= 11 is 0. The summed E-state index contributed by atoms with van der Waals surface area (Å²) in [6, 6.07) is 0. The Morgan fingerprint density at radius 3 is 1.83 bits per heavy atom. The first-order valence-corrected chi connectivity index (χ1v) is 3.51. The Kier molecular flexibility index (Phi) is 3.47. The van der Waals surface area contributed by atoms with Crippen LogP contribution in [0, 0.1) is 5.92 Å². The molecule has 0 aliphatic heterocycles. The minimum Gasteiger partial charge on any atom is -0.481 e. The maximum absolute atomic E-state index is 10.4. The minimum absolute atomic E-state index is 0.102. The second kappa shape index (κ2) is 3.90. The molecule has 0 aliphatic carbocycles. The summed E-state index contributed by atoms with van der Waals surface area (Å²) < 4.78 is 0. The molecule has 0 rings (SSSR count). The molecule has 0 saturated heterocycles. The van der Waals surface area contributed by atoms with Crippen LogP contribution in [0.15, 0.2) is 11.1 Å². The van der Waals surface area contributed by atoms with Crippen LogP contribution in [-0.4, -0.2) is 22.2 Å². The second-order valence-corrected chi connectivity index (χ2v) is 2.67. The monoisotopic (exact) mass is 172 g/mol. The van der Waals surface area contributed by atoms with Gasteiger partial charge in [0.2, 0.25) is 0 Å². The molecule has 68 valence electrons. The molecule has 0 saturated carbocycles. The quantitative estimate of drug-likeness (QED) is 0.626.